The van der Waals surface area contributed by atoms with E-state index in [4.69, 9.17) is 28.0 Å². The summed E-state index contributed by atoms with van der Waals surface area (Å²) < 4.78 is 42.5. The van der Waals surface area contributed by atoms with E-state index in [1.807, 2.05) is 0 Å². The largest absolute Gasteiger partial charge is 0 e. The molecule has 0 aliphatic heterocycles. The van der Waals surface area contributed by atoms with E-state index in [0.717, 1.165) is 6.61 Å². The predicted octanol–water partition coefficient (Wildman–Crippen LogP) is 1.94. The smallest absolute Gasteiger partial charge is 0 e. The second-order valence-electron chi connectivity index (χ2n) is 2.54. The molecule has 0 unspecified atom stereocenters. The minimum Gasteiger partial charge on any atom is 0 e. The third-order valence-electron chi connectivity index (χ3n) is 1.71. The van der Waals surface area contributed by atoms with E-state index in [1.54, 1.807) is 7.11 Å². The van der Waals surface area contributed by atoms with Crippen molar-refractivity contribution in [1.82, 2.24) is 0 Å². The Morgan fingerprint density at radius 3 is 1.55 bits per heavy atom. The molecule has 0 aromatic heterocycles. The molecule has 0 amide bonds. The summed E-state index contributed by atoms with van der Waals surface area (Å²) in [5, 5.41) is 0. The number of ether oxygens (including phenoxy) is 1. The van der Waals surface area contributed by atoms with E-state index in [2.05, 4.69) is 39.3 Å². The van der Waals surface area contributed by atoms with Crippen molar-refractivity contribution < 1.29 is 45.4 Å². The quantitative estimate of drug-likeness (QED) is 0.433. The molecule has 20 heavy (non-hydrogen) atoms. The second kappa shape index (κ2) is 64.4. The van der Waals surface area contributed by atoms with E-state index < -0.39 is 0 Å². The fraction of sp³-hybridized carbons (Fsp3) is 0.462. The molecule has 0 aromatic rings. The maximum Gasteiger partial charge on any atom is 0 e. The van der Waals surface area contributed by atoms with Crippen LogP contribution in [-0.2, 0) is 45.4 Å². The Morgan fingerprint density at radius 2 is 1.30 bits per heavy atom. The minimum atomic E-state index is 0. The van der Waals surface area contributed by atoms with Gasteiger partial charge in [-0.2, -0.15) is 0 Å². The summed E-state index contributed by atoms with van der Waals surface area (Å²) in [4.78, 5) is 0. The molecule has 0 saturated carbocycles. The number of allylic oxidation sites excluding steroid dienone is 1. The fourth-order valence-corrected chi connectivity index (χ4v) is 1.22. The van der Waals surface area contributed by atoms with Gasteiger partial charge in [0.2, 0.25) is 0 Å². The Hall–Kier alpha value is -1.07. The molecule has 0 atom stereocenters. The summed E-state index contributed by atoms with van der Waals surface area (Å²) in [6, 6.07) is 0. The SMILES string of the molecule is COCC1=CCCCC1.[C-]#[O+].[C-]#[O+].[C-]#[O+].[C-]#[O+].[C-]#[O+].[Cr]. The number of methoxy groups -OCH3 is 1. The molecule has 0 N–H and O–H groups in total. The van der Waals surface area contributed by atoms with Gasteiger partial charge in [0.25, 0.3) is 0 Å². The fourth-order valence-electron chi connectivity index (χ4n) is 1.22. The zero-order valence-corrected chi connectivity index (χ0v) is 12.2. The molecule has 0 spiro atoms. The Morgan fingerprint density at radius 1 is 0.900 bits per heavy atom. The van der Waals surface area contributed by atoms with Gasteiger partial charge in [-0.1, -0.05) is 6.08 Å². The standard InChI is InChI=1S/C8H14O.5CO.Cr/c1-9-7-8-5-3-2-4-6-8;5*1-2;/h5H,2-4,6-7H2,1H3;;;;;;. The van der Waals surface area contributed by atoms with Crippen LogP contribution in [0.2, 0.25) is 0 Å². The van der Waals surface area contributed by atoms with Crippen LogP contribution >= 0.6 is 0 Å². The van der Waals surface area contributed by atoms with Gasteiger partial charge in [-0.3, -0.25) is 0 Å². The maximum absolute atomic E-state index is 7.50. The number of hydrogen-bond donors (Lipinski definition) is 0. The summed E-state index contributed by atoms with van der Waals surface area (Å²) in [5.74, 6) is 0. The Labute approximate surface area is 130 Å². The number of rotatable bonds is 2. The van der Waals surface area contributed by atoms with Crippen LogP contribution in [0.4, 0.5) is 0 Å². The first-order valence-electron chi connectivity index (χ1n) is 4.62. The van der Waals surface area contributed by atoms with Crippen molar-refractivity contribution >= 4 is 0 Å². The van der Waals surface area contributed by atoms with E-state index in [0.29, 0.717) is 0 Å². The van der Waals surface area contributed by atoms with E-state index in [-0.39, 0.29) is 17.4 Å². The van der Waals surface area contributed by atoms with Crippen molar-refractivity contribution in [2.24, 2.45) is 0 Å². The molecule has 1 aliphatic carbocycles. The van der Waals surface area contributed by atoms with E-state index >= 15 is 0 Å². The molecule has 6 nitrogen and oxygen atoms in total. The molecule has 0 fully saturated rings. The average Bonchev–Trinajstić information content (AvgIpc) is 2.58. The van der Waals surface area contributed by atoms with Gasteiger partial charge in [0.1, 0.15) is 0 Å². The molecule has 7 heteroatoms. The molecular weight excluding hydrogens is 304 g/mol. The zero-order valence-electron chi connectivity index (χ0n) is 11.0. The maximum atomic E-state index is 7.50. The Balaban J connectivity index is -0.0000000384. The van der Waals surface area contributed by atoms with Gasteiger partial charge < -0.3 is 4.74 Å². The van der Waals surface area contributed by atoms with Crippen molar-refractivity contribution in [1.29, 1.82) is 0 Å². The monoisotopic (exact) mass is 318 g/mol. The first kappa shape index (κ1) is 36.4. The minimum absolute atomic E-state index is 0. The van der Waals surface area contributed by atoms with Crippen LogP contribution in [0.15, 0.2) is 11.6 Å². The van der Waals surface area contributed by atoms with Gasteiger partial charge >= 0.3 is 56.5 Å². The van der Waals surface area contributed by atoms with Gasteiger partial charge in [-0.15, -0.1) is 0 Å². The van der Waals surface area contributed by atoms with Crippen LogP contribution in [0.1, 0.15) is 25.7 Å². The normalized spacial score (nSPS) is 9.25. The second-order valence-corrected chi connectivity index (χ2v) is 2.54. The van der Waals surface area contributed by atoms with E-state index in [1.165, 1.54) is 31.3 Å². The molecule has 0 radical (unpaired) electrons. The van der Waals surface area contributed by atoms with Gasteiger partial charge in [-0.05, 0) is 31.3 Å². The van der Waals surface area contributed by atoms with Crippen LogP contribution in [-0.4, -0.2) is 13.7 Å². The summed E-state index contributed by atoms with van der Waals surface area (Å²) in [6.07, 6.45) is 7.56. The van der Waals surface area contributed by atoms with Crippen molar-refractivity contribution in [3.8, 4) is 0 Å². The summed E-state index contributed by atoms with van der Waals surface area (Å²) >= 11 is 0. The molecule has 0 aromatic carbocycles. The first-order valence-corrected chi connectivity index (χ1v) is 4.62. The molecule has 1 aliphatic rings. The van der Waals surface area contributed by atoms with Gasteiger partial charge in [0.05, 0.1) is 6.61 Å². The third-order valence-corrected chi connectivity index (χ3v) is 1.71. The number of hydrogen-bond acceptors (Lipinski definition) is 1. The summed E-state index contributed by atoms with van der Waals surface area (Å²) in [7, 11) is 1.76. The summed E-state index contributed by atoms with van der Waals surface area (Å²) in [6.45, 7) is 23.3. The van der Waals surface area contributed by atoms with Crippen molar-refractivity contribution in [2.75, 3.05) is 13.7 Å². The predicted molar refractivity (Wildman–Crippen MR) is 58.1 cm³/mol. The van der Waals surface area contributed by atoms with Gasteiger partial charge in [0.15, 0.2) is 0 Å². The molecular formula is C13H14CrO6. The zero-order chi connectivity index (χ0) is 16.5. The molecule has 0 heterocycles. The Bertz CT molecular complexity index is 240. The molecule has 0 bridgehead atoms. The van der Waals surface area contributed by atoms with Crippen LogP contribution in [0.5, 0.6) is 0 Å². The topological polar surface area (TPSA) is 109 Å². The first-order chi connectivity index (χ1) is 9.43. The van der Waals surface area contributed by atoms with Crippen molar-refractivity contribution in [3.05, 3.63) is 44.9 Å². The van der Waals surface area contributed by atoms with Crippen LogP contribution in [0.3, 0.4) is 0 Å². The van der Waals surface area contributed by atoms with Crippen molar-refractivity contribution in [3.63, 3.8) is 0 Å². The van der Waals surface area contributed by atoms with Crippen molar-refractivity contribution in [2.45, 2.75) is 25.7 Å². The molecule has 108 valence electrons. The van der Waals surface area contributed by atoms with Gasteiger partial charge in [0, 0.05) is 24.5 Å². The Kier molecular flexibility index (Phi) is 117. The summed E-state index contributed by atoms with van der Waals surface area (Å²) in [5.41, 5.74) is 1.49. The average molecular weight is 318 g/mol. The van der Waals surface area contributed by atoms with Crippen LogP contribution < -0.4 is 0 Å². The third kappa shape index (κ3) is 43.6. The van der Waals surface area contributed by atoms with Crippen LogP contribution in [0, 0.1) is 33.3 Å². The van der Waals surface area contributed by atoms with E-state index in [9.17, 15) is 0 Å². The van der Waals surface area contributed by atoms with Crippen LogP contribution in [0.25, 0.3) is 0 Å². The molecule has 0 saturated heterocycles. The van der Waals surface area contributed by atoms with Gasteiger partial charge in [-0.25, -0.2) is 0 Å². The molecule has 1 rings (SSSR count).